The molecule has 1 unspecified atom stereocenters. The van der Waals surface area contributed by atoms with E-state index in [9.17, 15) is 14.5 Å². The molecule has 0 spiro atoms. The van der Waals surface area contributed by atoms with Crippen molar-refractivity contribution in [2.45, 2.75) is 18.9 Å². The summed E-state index contributed by atoms with van der Waals surface area (Å²) in [5.74, 6) is -0.284. The van der Waals surface area contributed by atoms with Gasteiger partial charge in [0.1, 0.15) is 5.82 Å². The Morgan fingerprint density at radius 2 is 2.12 bits per heavy atom. The Balaban J connectivity index is 2.13. The van der Waals surface area contributed by atoms with Crippen molar-refractivity contribution in [2.24, 2.45) is 0 Å². The molecule has 1 atom stereocenters. The summed E-state index contributed by atoms with van der Waals surface area (Å²) in [4.78, 5) is 12.2. The maximum Gasteiger partial charge on any atom is 0.223 e. The Labute approximate surface area is 92.8 Å². The van der Waals surface area contributed by atoms with Gasteiger partial charge >= 0.3 is 0 Å². The standard InChI is InChI=1S/C11H13FN2O2/c12-9-3-5-10(6-4-9)13-7-1-2-11(13)8-14(15)16/h3-6,11H,1-2,7-8H2. The molecule has 1 fully saturated rings. The quantitative estimate of drug-likeness (QED) is 0.583. The molecule has 1 heterocycles. The monoisotopic (exact) mass is 224 g/mol. The van der Waals surface area contributed by atoms with Crippen molar-refractivity contribution >= 4 is 5.69 Å². The van der Waals surface area contributed by atoms with Gasteiger partial charge in [-0.3, -0.25) is 10.1 Å². The second-order valence-electron chi connectivity index (χ2n) is 3.98. The molecule has 4 nitrogen and oxygen atoms in total. The predicted octanol–water partition coefficient (Wildman–Crippen LogP) is 2.07. The number of anilines is 1. The largest absolute Gasteiger partial charge is 0.362 e. The summed E-state index contributed by atoms with van der Waals surface area (Å²) in [6.07, 6.45) is 1.79. The van der Waals surface area contributed by atoms with Crippen LogP contribution in [0.2, 0.25) is 0 Å². The van der Waals surface area contributed by atoms with Crippen LogP contribution in [-0.2, 0) is 0 Å². The fourth-order valence-electron chi connectivity index (χ4n) is 2.17. The zero-order valence-electron chi connectivity index (χ0n) is 8.80. The molecule has 1 saturated heterocycles. The van der Waals surface area contributed by atoms with Crippen LogP contribution >= 0.6 is 0 Å². The molecule has 1 aromatic rings. The zero-order valence-corrected chi connectivity index (χ0v) is 8.80. The number of benzene rings is 1. The smallest absolute Gasteiger partial charge is 0.223 e. The van der Waals surface area contributed by atoms with Gasteiger partial charge in [-0.1, -0.05) is 0 Å². The van der Waals surface area contributed by atoms with Crippen molar-refractivity contribution in [1.29, 1.82) is 0 Å². The van der Waals surface area contributed by atoms with Crippen LogP contribution < -0.4 is 4.90 Å². The lowest BCUT2D eigenvalue weighted by atomic mass is 10.2. The van der Waals surface area contributed by atoms with Crippen molar-refractivity contribution in [2.75, 3.05) is 18.0 Å². The Hall–Kier alpha value is -1.65. The van der Waals surface area contributed by atoms with Gasteiger partial charge in [0.25, 0.3) is 0 Å². The zero-order chi connectivity index (χ0) is 11.5. The minimum atomic E-state index is -0.285. The number of halogens is 1. The fourth-order valence-corrected chi connectivity index (χ4v) is 2.17. The Bertz CT molecular complexity index is 380. The average Bonchev–Trinajstić information content (AvgIpc) is 2.66. The second-order valence-corrected chi connectivity index (χ2v) is 3.98. The first-order valence-corrected chi connectivity index (χ1v) is 5.31. The van der Waals surface area contributed by atoms with Crippen molar-refractivity contribution in [3.63, 3.8) is 0 Å². The maximum absolute atomic E-state index is 12.8. The van der Waals surface area contributed by atoms with Gasteiger partial charge in [0.05, 0.1) is 6.04 Å². The van der Waals surface area contributed by atoms with Crippen molar-refractivity contribution in [1.82, 2.24) is 0 Å². The molecule has 86 valence electrons. The molecule has 2 rings (SSSR count). The third-order valence-electron chi connectivity index (χ3n) is 2.90. The van der Waals surface area contributed by atoms with Gasteiger partial charge < -0.3 is 4.90 Å². The molecule has 0 aliphatic carbocycles. The predicted molar refractivity (Wildman–Crippen MR) is 58.6 cm³/mol. The lowest BCUT2D eigenvalue weighted by Crippen LogP contribution is -2.34. The lowest BCUT2D eigenvalue weighted by molar-refractivity contribution is -0.482. The molecule has 0 radical (unpaired) electrons. The van der Waals surface area contributed by atoms with Gasteiger partial charge in [-0.2, -0.15) is 0 Å². The Kier molecular flexibility index (Phi) is 3.03. The highest BCUT2D eigenvalue weighted by molar-refractivity contribution is 5.48. The Morgan fingerprint density at radius 3 is 2.75 bits per heavy atom. The number of nitro groups is 1. The van der Waals surface area contributed by atoms with E-state index in [0.717, 1.165) is 25.1 Å². The van der Waals surface area contributed by atoms with E-state index >= 15 is 0 Å². The molecular weight excluding hydrogens is 211 g/mol. The number of nitrogens with zero attached hydrogens (tertiary/aromatic N) is 2. The molecule has 1 aromatic carbocycles. The van der Waals surface area contributed by atoms with Gasteiger partial charge in [0.2, 0.25) is 6.54 Å². The van der Waals surface area contributed by atoms with Crippen LogP contribution in [0.25, 0.3) is 0 Å². The molecule has 0 N–H and O–H groups in total. The van der Waals surface area contributed by atoms with E-state index in [1.807, 2.05) is 4.90 Å². The molecular formula is C11H13FN2O2. The highest BCUT2D eigenvalue weighted by Crippen LogP contribution is 2.25. The highest BCUT2D eigenvalue weighted by Gasteiger charge is 2.28. The van der Waals surface area contributed by atoms with Crippen molar-refractivity contribution < 1.29 is 9.31 Å². The third-order valence-corrected chi connectivity index (χ3v) is 2.90. The summed E-state index contributed by atoms with van der Waals surface area (Å²) in [5, 5.41) is 10.5. The van der Waals surface area contributed by atoms with E-state index in [-0.39, 0.29) is 23.3 Å². The fraction of sp³-hybridized carbons (Fsp3) is 0.455. The van der Waals surface area contributed by atoms with Gasteiger partial charge in [0.15, 0.2) is 0 Å². The van der Waals surface area contributed by atoms with Crippen LogP contribution in [-0.4, -0.2) is 24.1 Å². The van der Waals surface area contributed by atoms with Gasteiger partial charge in [-0.25, -0.2) is 4.39 Å². The summed E-state index contributed by atoms with van der Waals surface area (Å²) in [5.41, 5.74) is 0.866. The van der Waals surface area contributed by atoms with Gasteiger partial charge in [-0.15, -0.1) is 0 Å². The van der Waals surface area contributed by atoms with Gasteiger partial charge in [-0.05, 0) is 37.1 Å². The summed E-state index contributed by atoms with van der Waals surface area (Å²) in [7, 11) is 0. The summed E-state index contributed by atoms with van der Waals surface area (Å²) >= 11 is 0. The Morgan fingerprint density at radius 1 is 1.44 bits per heavy atom. The average molecular weight is 224 g/mol. The second kappa shape index (κ2) is 4.47. The van der Waals surface area contributed by atoms with Crippen LogP contribution in [0.4, 0.5) is 10.1 Å². The van der Waals surface area contributed by atoms with Crippen molar-refractivity contribution in [3.8, 4) is 0 Å². The van der Waals surface area contributed by atoms with Gasteiger partial charge in [0, 0.05) is 17.2 Å². The molecule has 0 bridgehead atoms. The molecule has 0 saturated carbocycles. The summed E-state index contributed by atoms with van der Waals surface area (Å²) < 4.78 is 12.8. The molecule has 5 heteroatoms. The van der Waals surface area contributed by atoms with E-state index < -0.39 is 0 Å². The number of rotatable bonds is 3. The molecule has 1 aliphatic heterocycles. The topological polar surface area (TPSA) is 46.4 Å². The van der Waals surface area contributed by atoms with E-state index in [0.29, 0.717) is 0 Å². The third kappa shape index (κ3) is 2.29. The minimum absolute atomic E-state index is 0.0443. The van der Waals surface area contributed by atoms with E-state index in [1.165, 1.54) is 12.1 Å². The van der Waals surface area contributed by atoms with E-state index in [2.05, 4.69) is 0 Å². The summed E-state index contributed by atoms with van der Waals surface area (Å²) in [6, 6.07) is 6.06. The maximum atomic E-state index is 12.8. The van der Waals surface area contributed by atoms with Crippen LogP contribution in [0.5, 0.6) is 0 Å². The molecule has 0 aromatic heterocycles. The van der Waals surface area contributed by atoms with Crippen LogP contribution in [0.15, 0.2) is 24.3 Å². The minimum Gasteiger partial charge on any atom is -0.362 e. The normalized spacial score (nSPS) is 20.1. The first-order chi connectivity index (χ1) is 7.66. The summed E-state index contributed by atoms with van der Waals surface area (Å²) in [6.45, 7) is 0.765. The number of hydrogen-bond acceptors (Lipinski definition) is 3. The first kappa shape index (κ1) is 10.9. The molecule has 1 aliphatic rings. The molecule has 16 heavy (non-hydrogen) atoms. The molecule has 0 amide bonds. The van der Waals surface area contributed by atoms with Crippen LogP contribution in [0.1, 0.15) is 12.8 Å². The van der Waals surface area contributed by atoms with E-state index in [4.69, 9.17) is 0 Å². The first-order valence-electron chi connectivity index (χ1n) is 5.31. The SMILES string of the molecule is O=[N+]([O-])CC1CCCN1c1ccc(F)cc1. The van der Waals surface area contributed by atoms with Crippen LogP contribution in [0.3, 0.4) is 0 Å². The van der Waals surface area contributed by atoms with Crippen molar-refractivity contribution in [3.05, 3.63) is 40.2 Å². The highest BCUT2D eigenvalue weighted by atomic mass is 19.1. The number of hydrogen-bond donors (Lipinski definition) is 0. The lowest BCUT2D eigenvalue weighted by Gasteiger charge is -2.23. The van der Waals surface area contributed by atoms with Crippen LogP contribution in [0, 0.1) is 15.9 Å². The van der Waals surface area contributed by atoms with E-state index in [1.54, 1.807) is 12.1 Å².